The van der Waals surface area contributed by atoms with Crippen LogP contribution in [0, 0.1) is 17.8 Å². The quantitative estimate of drug-likeness (QED) is 0.137. The summed E-state index contributed by atoms with van der Waals surface area (Å²) in [6.07, 6.45) is 3.85. The minimum atomic E-state index is -0.917. The van der Waals surface area contributed by atoms with E-state index in [4.69, 9.17) is 14.5 Å². The van der Waals surface area contributed by atoms with Gasteiger partial charge in [0.15, 0.2) is 0 Å². The molecule has 3 saturated heterocycles. The number of piperidine rings is 3. The normalized spacial score (nSPS) is 22.3. The van der Waals surface area contributed by atoms with E-state index in [9.17, 15) is 4.79 Å². The van der Waals surface area contributed by atoms with Gasteiger partial charge in [0.2, 0.25) is 0 Å². The van der Waals surface area contributed by atoms with E-state index in [2.05, 4.69) is 53.2 Å². The number of nitrogens with zero attached hydrogens (tertiary/aromatic N) is 2. The fourth-order valence-electron chi connectivity index (χ4n) is 7.20. The van der Waals surface area contributed by atoms with E-state index in [0.717, 1.165) is 70.5 Å². The van der Waals surface area contributed by atoms with Gasteiger partial charge in [-0.3, -0.25) is 4.98 Å². The summed E-state index contributed by atoms with van der Waals surface area (Å²) < 4.78 is 6.74. The van der Waals surface area contributed by atoms with Gasteiger partial charge in [-0.25, -0.2) is 4.79 Å². The van der Waals surface area contributed by atoms with Crippen LogP contribution in [0.3, 0.4) is 0 Å². The molecule has 4 aromatic carbocycles. The Kier molecular flexibility index (Phi) is 8.27. The Morgan fingerprint density at radius 2 is 1.59 bits per heavy atom. The zero-order chi connectivity index (χ0) is 28.3. The molecule has 3 aliphatic rings. The molecule has 0 aliphatic carbocycles. The molecule has 1 unspecified atom stereocenters. The topological polar surface area (TPSA) is 82.9 Å². The van der Waals surface area contributed by atoms with Crippen LogP contribution in [0.15, 0.2) is 91.1 Å². The van der Waals surface area contributed by atoms with Crippen LogP contribution in [-0.4, -0.2) is 45.3 Å². The van der Waals surface area contributed by atoms with E-state index < -0.39 is 9.03 Å². The third-order valence-corrected chi connectivity index (χ3v) is 9.01. The summed E-state index contributed by atoms with van der Waals surface area (Å²) >= 11 is 0. The summed E-state index contributed by atoms with van der Waals surface area (Å²) in [5.41, 5.74) is 2.67. The first-order valence-electron chi connectivity index (χ1n) is 14.3. The van der Waals surface area contributed by atoms with E-state index in [1.807, 2.05) is 54.7 Å². The van der Waals surface area contributed by atoms with Gasteiger partial charge < -0.3 is 19.4 Å². The SMILES string of the molecule is CC[C@H]1CN2CC[C@@H]1[C@H]([C@@H](OC(=O)c1c3ccccc3cc3ccccc13)c1ccnc3ccccc13)C2.OPO. The maximum atomic E-state index is 14.3. The zero-order valence-electron chi connectivity index (χ0n) is 23.1. The van der Waals surface area contributed by atoms with Crippen molar-refractivity contribution in [2.45, 2.75) is 25.9 Å². The molecule has 3 fully saturated rings. The van der Waals surface area contributed by atoms with Gasteiger partial charge >= 0.3 is 5.97 Å². The molecule has 4 heterocycles. The molecule has 2 bridgehead atoms. The Morgan fingerprint density at radius 1 is 0.951 bits per heavy atom. The summed E-state index contributed by atoms with van der Waals surface area (Å²) in [5, 5.41) is 5.06. The minimum absolute atomic E-state index is 0.242. The highest BCUT2D eigenvalue weighted by atomic mass is 31.1. The molecular formula is C34H35N2O4P. The van der Waals surface area contributed by atoms with Crippen molar-refractivity contribution in [1.29, 1.82) is 0 Å². The minimum Gasteiger partial charge on any atom is -0.453 e. The van der Waals surface area contributed by atoms with Gasteiger partial charge in [0.25, 0.3) is 0 Å². The van der Waals surface area contributed by atoms with Crippen molar-refractivity contribution in [2.24, 2.45) is 17.8 Å². The van der Waals surface area contributed by atoms with E-state index in [1.54, 1.807) is 0 Å². The number of carbonyl (C=O) groups excluding carboxylic acids is 1. The zero-order valence-corrected chi connectivity index (χ0v) is 24.1. The highest BCUT2D eigenvalue weighted by molar-refractivity contribution is 7.23. The molecule has 210 valence electrons. The predicted octanol–water partition coefficient (Wildman–Crippen LogP) is 6.90. The largest absolute Gasteiger partial charge is 0.453 e. The van der Waals surface area contributed by atoms with Gasteiger partial charge in [0, 0.05) is 36.2 Å². The molecule has 6 nitrogen and oxygen atoms in total. The molecule has 0 saturated carbocycles. The number of carbonyl (C=O) groups is 1. The van der Waals surface area contributed by atoms with Crippen molar-refractivity contribution >= 4 is 47.5 Å². The Morgan fingerprint density at radius 3 is 2.24 bits per heavy atom. The smallest absolute Gasteiger partial charge is 0.340 e. The number of rotatable bonds is 5. The number of benzene rings is 4. The Bertz CT molecular complexity index is 1630. The van der Waals surface area contributed by atoms with Crippen molar-refractivity contribution in [3.63, 3.8) is 0 Å². The first kappa shape index (κ1) is 27.7. The second kappa shape index (κ2) is 12.2. The van der Waals surface area contributed by atoms with Crippen LogP contribution in [0.1, 0.15) is 41.8 Å². The van der Waals surface area contributed by atoms with Crippen molar-refractivity contribution < 1.29 is 19.3 Å². The van der Waals surface area contributed by atoms with E-state index >= 15 is 0 Å². The van der Waals surface area contributed by atoms with Crippen LogP contribution in [0.25, 0.3) is 32.4 Å². The average molecular weight is 567 g/mol. The van der Waals surface area contributed by atoms with Gasteiger partial charge in [-0.1, -0.05) is 80.1 Å². The van der Waals surface area contributed by atoms with Crippen LogP contribution in [0.5, 0.6) is 0 Å². The summed E-state index contributed by atoms with van der Waals surface area (Å²) in [7, 11) is -0.917. The molecule has 8 rings (SSSR count). The van der Waals surface area contributed by atoms with Crippen molar-refractivity contribution in [2.75, 3.05) is 19.6 Å². The van der Waals surface area contributed by atoms with Gasteiger partial charge in [-0.05, 0) is 64.5 Å². The van der Waals surface area contributed by atoms with Gasteiger partial charge in [-0.2, -0.15) is 0 Å². The molecule has 0 amide bonds. The second-order valence-electron chi connectivity index (χ2n) is 11.1. The third kappa shape index (κ3) is 5.33. The lowest BCUT2D eigenvalue weighted by atomic mass is 9.68. The second-order valence-corrected chi connectivity index (χ2v) is 11.3. The number of aromatic nitrogens is 1. The summed E-state index contributed by atoms with van der Waals surface area (Å²) in [4.78, 5) is 35.8. The Hall–Kier alpha value is -3.41. The number of hydrogen-bond donors (Lipinski definition) is 2. The number of hydrogen-bond acceptors (Lipinski definition) is 6. The van der Waals surface area contributed by atoms with E-state index in [-0.39, 0.29) is 18.0 Å². The number of pyridine rings is 1. The van der Waals surface area contributed by atoms with Crippen molar-refractivity contribution in [1.82, 2.24) is 9.88 Å². The van der Waals surface area contributed by atoms with E-state index in [0.29, 0.717) is 17.4 Å². The van der Waals surface area contributed by atoms with Crippen molar-refractivity contribution in [3.8, 4) is 0 Å². The highest BCUT2D eigenvalue weighted by Gasteiger charge is 2.45. The van der Waals surface area contributed by atoms with Crippen LogP contribution >= 0.6 is 9.03 Å². The summed E-state index contributed by atoms with van der Waals surface area (Å²) in [6.45, 7) is 5.56. The van der Waals surface area contributed by atoms with Crippen molar-refractivity contribution in [3.05, 3.63) is 102 Å². The third-order valence-electron chi connectivity index (χ3n) is 9.01. The maximum Gasteiger partial charge on any atom is 0.340 e. The standard InChI is InChI=1S/C34H32N2O2.H3O2P/c1-2-22-20-36-18-16-25(22)30(21-36)33(29-15-17-35-31-14-8-7-13-28(29)31)38-34(37)32-26-11-5-3-9-23(26)19-24-10-4-6-12-27(24)32;1-3-2/h3-15,17,19,22,25,30,33H,2,16,18,20-21H2,1H3;1-3H/t22-,25-,30+,33-;/m0./s1. The lowest BCUT2D eigenvalue weighted by molar-refractivity contribution is -0.0701. The van der Waals surface area contributed by atoms with Gasteiger partial charge in [-0.15, -0.1) is 0 Å². The molecule has 1 aromatic heterocycles. The average Bonchev–Trinajstić information content (AvgIpc) is 3.02. The molecule has 2 N–H and O–H groups in total. The molecule has 3 aliphatic heterocycles. The molecular weight excluding hydrogens is 531 g/mol. The number of esters is 1. The molecule has 0 spiro atoms. The lowest BCUT2D eigenvalue weighted by Crippen LogP contribution is -2.54. The number of fused-ring (bicyclic) bond motifs is 6. The maximum absolute atomic E-state index is 14.3. The monoisotopic (exact) mass is 566 g/mol. The van der Waals surface area contributed by atoms with Crippen LogP contribution < -0.4 is 0 Å². The fraction of sp³-hybridized carbons (Fsp3) is 0.294. The molecule has 41 heavy (non-hydrogen) atoms. The van der Waals surface area contributed by atoms with E-state index in [1.165, 1.54) is 0 Å². The van der Waals surface area contributed by atoms with Crippen LogP contribution in [0.2, 0.25) is 0 Å². The number of para-hydroxylation sites is 1. The first-order chi connectivity index (χ1) is 20.1. The summed E-state index contributed by atoms with van der Waals surface area (Å²) in [6, 6.07) is 28.7. The highest BCUT2D eigenvalue weighted by Crippen LogP contribution is 2.47. The number of ether oxygens (including phenoxy) is 1. The Labute approximate surface area is 241 Å². The van der Waals surface area contributed by atoms with Gasteiger partial charge in [0.05, 0.1) is 11.1 Å². The first-order valence-corrected chi connectivity index (χ1v) is 15.2. The van der Waals surface area contributed by atoms with Gasteiger partial charge in [0.1, 0.15) is 15.1 Å². The lowest BCUT2D eigenvalue weighted by Gasteiger charge is -2.51. The van der Waals surface area contributed by atoms with Crippen LogP contribution in [-0.2, 0) is 4.74 Å². The summed E-state index contributed by atoms with van der Waals surface area (Å²) in [5.74, 6) is 1.18. The predicted molar refractivity (Wildman–Crippen MR) is 166 cm³/mol. The molecule has 0 radical (unpaired) electrons. The molecule has 7 heteroatoms. The fourth-order valence-corrected chi connectivity index (χ4v) is 7.20. The Balaban J connectivity index is 0.000000967. The molecule has 5 atom stereocenters. The van der Waals surface area contributed by atoms with Crippen LogP contribution in [0.4, 0.5) is 0 Å². The molecule has 5 aromatic rings.